The molecule has 8 heteroatoms. The Morgan fingerprint density at radius 3 is 3.07 bits per heavy atom. The number of aliphatic carboxylic acids is 1. The maximum atomic E-state index is 11.7. The van der Waals surface area contributed by atoms with E-state index in [-0.39, 0.29) is 5.82 Å². The van der Waals surface area contributed by atoms with Gasteiger partial charge in [-0.1, -0.05) is 0 Å². The summed E-state index contributed by atoms with van der Waals surface area (Å²) in [6.45, 7) is 0. The van der Waals surface area contributed by atoms with Gasteiger partial charge in [-0.3, -0.25) is 9.89 Å². The third-order valence-corrected chi connectivity index (χ3v) is 3.06. The van der Waals surface area contributed by atoms with E-state index in [1.54, 1.807) is 0 Å². The summed E-state index contributed by atoms with van der Waals surface area (Å²) in [5, 5.41) is 14.8. The standard InChI is InChI=1S/C7H8N4O3S/c12-6(5-8-2-9-10-5)11-3-15-1-4(11)7(13)14/h2,4H,1,3H2,(H,13,14)(H,8,9,10). The number of H-pyrrole nitrogens is 1. The molecule has 15 heavy (non-hydrogen) atoms. The minimum Gasteiger partial charge on any atom is -0.480 e. The average molecular weight is 228 g/mol. The van der Waals surface area contributed by atoms with Crippen LogP contribution in [0.2, 0.25) is 0 Å². The maximum Gasteiger partial charge on any atom is 0.327 e. The molecule has 2 rings (SSSR count). The van der Waals surface area contributed by atoms with Crippen molar-refractivity contribution in [3.05, 3.63) is 12.2 Å². The number of carboxylic acid groups (broad SMARTS) is 1. The molecule has 0 bridgehead atoms. The molecular weight excluding hydrogens is 220 g/mol. The van der Waals surface area contributed by atoms with Crippen LogP contribution in [-0.4, -0.2) is 54.7 Å². The number of carbonyl (C=O) groups is 2. The Hall–Kier alpha value is -1.57. The summed E-state index contributed by atoms with van der Waals surface area (Å²) >= 11 is 1.41. The van der Waals surface area contributed by atoms with Crippen molar-refractivity contribution in [2.24, 2.45) is 0 Å². The van der Waals surface area contributed by atoms with Gasteiger partial charge >= 0.3 is 5.97 Å². The van der Waals surface area contributed by atoms with Gasteiger partial charge in [0.25, 0.3) is 5.91 Å². The lowest BCUT2D eigenvalue weighted by atomic mass is 10.3. The fourth-order valence-electron chi connectivity index (χ4n) is 1.29. The Morgan fingerprint density at radius 2 is 2.47 bits per heavy atom. The van der Waals surface area contributed by atoms with Gasteiger partial charge in [0.1, 0.15) is 12.4 Å². The Bertz CT molecular complexity index is 380. The van der Waals surface area contributed by atoms with Crippen LogP contribution in [0.3, 0.4) is 0 Å². The smallest absolute Gasteiger partial charge is 0.327 e. The second-order valence-corrected chi connectivity index (χ2v) is 3.96. The molecule has 1 aliphatic heterocycles. The van der Waals surface area contributed by atoms with E-state index in [1.807, 2.05) is 0 Å². The SMILES string of the molecule is O=C(O)C1CSCN1C(=O)c1ncn[nH]1. The van der Waals surface area contributed by atoms with Gasteiger partial charge in [0.2, 0.25) is 5.82 Å². The highest BCUT2D eigenvalue weighted by atomic mass is 32.2. The van der Waals surface area contributed by atoms with Gasteiger partial charge in [0, 0.05) is 5.75 Å². The van der Waals surface area contributed by atoms with Gasteiger partial charge in [-0.15, -0.1) is 11.8 Å². The third kappa shape index (κ3) is 1.80. The lowest BCUT2D eigenvalue weighted by Crippen LogP contribution is -2.42. The summed E-state index contributed by atoms with van der Waals surface area (Å²) in [5.74, 6) is -0.562. The largest absolute Gasteiger partial charge is 0.480 e. The molecule has 2 heterocycles. The van der Waals surface area contributed by atoms with E-state index in [0.717, 1.165) is 0 Å². The topological polar surface area (TPSA) is 99.2 Å². The number of aromatic nitrogens is 3. The highest BCUT2D eigenvalue weighted by Crippen LogP contribution is 2.22. The molecule has 1 unspecified atom stereocenters. The van der Waals surface area contributed by atoms with Gasteiger partial charge in [-0.25, -0.2) is 9.78 Å². The van der Waals surface area contributed by atoms with Crippen molar-refractivity contribution in [3.63, 3.8) is 0 Å². The predicted molar refractivity (Wildman–Crippen MR) is 51.3 cm³/mol. The highest BCUT2D eigenvalue weighted by molar-refractivity contribution is 7.99. The molecule has 0 aliphatic carbocycles. The number of amides is 1. The predicted octanol–water partition coefficient (Wildman–Crippen LogP) is -0.596. The first-order valence-electron chi connectivity index (χ1n) is 4.17. The number of rotatable bonds is 2. The number of nitrogens with zero attached hydrogens (tertiary/aromatic N) is 3. The summed E-state index contributed by atoms with van der Waals surface area (Å²) in [5.41, 5.74) is 0. The molecule has 1 aromatic rings. The molecule has 0 aromatic carbocycles. The Labute approximate surface area is 88.9 Å². The fraction of sp³-hybridized carbons (Fsp3) is 0.429. The van der Waals surface area contributed by atoms with Crippen molar-refractivity contribution in [3.8, 4) is 0 Å². The molecule has 1 saturated heterocycles. The molecule has 0 spiro atoms. The molecule has 0 saturated carbocycles. The van der Waals surface area contributed by atoms with E-state index in [4.69, 9.17) is 5.11 Å². The second-order valence-electron chi connectivity index (χ2n) is 2.96. The zero-order valence-corrected chi connectivity index (χ0v) is 8.40. The van der Waals surface area contributed by atoms with Crippen LogP contribution in [0.1, 0.15) is 10.6 Å². The lowest BCUT2D eigenvalue weighted by Gasteiger charge is -2.18. The zero-order chi connectivity index (χ0) is 10.8. The van der Waals surface area contributed by atoms with Crippen LogP contribution < -0.4 is 0 Å². The Balaban J connectivity index is 2.17. The molecule has 1 atom stereocenters. The van der Waals surface area contributed by atoms with Crippen molar-refractivity contribution in [2.75, 3.05) is 11.6 Å². The summed E-state index contributed by atoms with van der Waals surface area (Å²) < 4.78 is 0. The van der Waals surface area contributed by atoms with Gasteiger partial charge < -0.3 is 10.0 Å². The van der Waals surface area contributed by atoms with E-state index in [9.17, 15) is 9.59 Å². The van der Waals surface area contributed by atoms with Crippen LogP contribution in [0.4, 0.5) is 0 Å². The van der Waals surface area contributed by atoms with Crippen LogP contribution in [0.5, 0.6) is 0 Å². The first kappa shape index (κ1) is 9.97. The monoisotopic (exact) mass is 228 g/mol. The summed E-state index contributed by atoms with van der Waals surface area (Å²) in [6.07, 6.45) is 1.21. The van der Waals surface area contributed by atoms with E-state index in [2.05, 4.69) is 15.2 Å². The summed E-state index contributed by atoms with van der Waals surface area (Å²) in [4.78, 5) is 27.5. The summed E-state index contributed by atoms with van der Waals surface area (Å²) in [7, 11) is 0. The molecule has 0 radical (unpaired) electrons. The summed E-state index contributed by atoms with van der Waals surface area (Å²) in [6, 6.07) is -0.771. The van der Waals surface area contributed by atoms with Crippen LogP contribution in [0, 0.1) is 0 Å². The van der Waals surface area contributed by atoms with Crippen LogP contribution in [0.15, 0.2) is 6.33 Å². The molecule has 7 nitrogen and oxygen atoms in total. The Morgan fingerprint density at radius 1 is 1.67 bits per heavy atom. The van der Waals surface area contributed by atoms with E-state index < -0.39 is 17.9 Å². The minimum absolute atomic E-state index is 0.0729. The number of carboxylic acids is 1. The Kier molecular flexibility index (Phi) is 2.58. The van der Waals surface area contributed by atoms with Crippen LogP contribution in [-0.2, 0) is 4.79 Å². The van der Waals surface area contributed by atoms with E-state index in [0.29, 0.717) is 11.6 Å². The number of hydrogen-bond acceptors (Lipinski definition) is 5. The van der Waals surface area contributed by atoms with Gasteiger partial charge in [0.05, 0.1) is 5.88 Å². The molecule has 1 aromatic heterocycles. The fourth-order valence-corrected chi connectivity index (χ4v) is 2.44. The van der Waals surface area contributed by atoms with Crippen molar-refractivity contribution < 1.29 is 14.7 Å². The number of nitrogens with one attached hydrogen (secondary N) is 1. The third-order valence-electron chi connectivity index (χ3n) is 2.05. The molecule has 80 valence electrons. The minimum atomic E-state index is -0.993. The number of thioether (sulfide) groups is 1. The van der Waals surface area contributed by atoms with Gasteiger partial charge in [-0.2, -0.15) is 5.10 Å². The highest BCUT2D eigenvalue weighted by Gasteiger charge is 2.35. The maximum absolute atomic E-state index is 11.7. The van der Waals surface area contributed by atoms with Crippen molar-refractivity contribution in [2.45, 2.75) is 6.04 Å². The molecule has 1 amide bonds. The first-order valence-corrected chi connectivity index (χ1v) is 5.32. The second kappa shape index (κ2) is 3.89. The molecule has 2 N–H and O–H groups in total. The van der Waals surface area contributed by atoms with Crippen molar-refractivity contribution in [1.29, 1.82) is 0 Å². The number of hydrogen-bond donors (Lipinski definition) is 2. The average Bonchev–Trinajstić information content (AvgIpc) is 2.88. The van der Waals surface area contributed by atoms with E-state index in [1.165, 1.54) is 23.0 Å². The zero-order valence-electron chi connectivity index (χ0n) is 7.58. The first-order chi connectivity index (χ1) is 7.20. The van der Waals surface area contributed by atoms with Gasteiger partial charge in [-0.05, 0) is 0 Å². The van der Waals surface area contributed by atoms with Crippen LogP contribution in [0.25, 0.3) is 0 Å². The quantitative estimate of drug-likeness (QED) is 0.701. The number of aromatic amines is 1. The van der Waals surface area contributed by atoms with Crippen LogP contribution >= 0.6 is 11.8 Å². The normalized spacial score (nSPS) is 20.5. The molecular formula is C7H8N4O3S. The lowest BCUT2D eigenvalue weighted by molar-refractivity contribution is -0.140. The molecule has 1 aliphatic rings. The van der Waals surface area contributed by atoms with Crippen molar-refractivity contribution >= 4 is 23.6 Å². The van der Waals surface area contributed by atoms with Gasteiger partial charge in [0.15, 0.2) is 0 Å². The van der Waals surface area contributed by atoms with Crippen molar-refractivity contribution in [1.82, 2.24) is 20.1 Å². The number of carbonyl (C=O) groups excluding carboxylic acids is 1. The van der Waals surface area contributed by atoms with E-state index >= 15 is 0 Å². The molecule has 1 fully saturated rings.